The highest BCUT2D eigenvalue weighted by atomic mass is 16.5. The van der Waals surface area contributed by atoms with Gasteiger partial charge in [0, 0.05) is 12.6 Å². The molecule has 0 aliphatic carbocycles. The Morgan fingerprint density at radius 3 is 2.08 bits per heavy atom. The molecule has 4 rings (SSSR count). The van der Waals surface area contributed by atoms with Gasteiger partial charge in [-0.05, 0) is 71.8 Å². The number of nitrogens with one attached hydrogen (secondary N) is 2. The second kappa shape index (κ2) is 12.2. The van der Waals surface area contributed by atoms with Gasteiger partial charge < -0.3 is 25.2 Å². The monoisotopic (exact) mass is 510 g/mol. The Hall–Kier alpha value is -5.11. The molecule has 0 aromatic heterocycles. The van der Waals surface area contributed by atoms with Gasteiger partial charge in [-0.25, -0.2) is 4.79 Å². The highest BCUT2D eigenvalue weighted by Gasteiger charge is 2.12. The zero-order chi connectivity index (χ0) is 26.9. The summed E-state index contributed by atoms with van der Waals surface area (Å²) in [5.74, 6) is 0.362. The minimum Gasteiger partial charge on any atom is -0.489 e. The molecule has 8 heteroatoms. The highest BCUT2D eigenvalue weighted by Crippen LogP contribution is 2.25. The van der Waals surface area contributed by atoms with E-state index in [0.29, 0.717) is 23.9 Å². The molecular weight excluding hydrogens is 484 g/mol. The van der Waals surface area contributed by atoms with Gasteiger partial charge in [-0.15, -0.1) is 0 Å². The second-order valence-electron chi connectivity index (χ2n) is 8.46. The standard InChI is InChI=1S/C30H26N2O6/c1-20(33)31-23-6-4-5-22(17-23)19-37-24-13-15-26(16-14-24)38-25-11-9-21(10-12-25)18-29(34)32-28-8-3-2-7-27(28)30(35)36/h2-17H,18-19H2,1H3,(H,31,33)(H,32,34)(H,35,36). The number of hydrogen-bond acceptors (Lipinski definition) is 5. The maximum atomic E-state index is 12.4. The van der Waals surface area contributed by atoms with Gasteiger partial charge in [0.25, 0.3) is 0 Å². The highest BCUT2D eigenvalue weighted by molar-refractivity contribution is 6.01. The lowest BCUT2D eigenvalue weighted by Gasteiger charge is -2.10. The van der Waals surface area contributed by atoms with Crippen molar-refractivity contribution in [2.45, 2.75) is 20.0 Å². The molecule has 4 aromatic rings. The predicted molar refractivity (Wildman–Crippen MR) is 144 cm³/mol. The van der Waals surface area contributed by atoms with E-state index in [1.54, 1.807) is 66.7 Å². The van der Waals surface area contributed by atoms with Crippen LogP contribution in [0.2, 0.25) is 0 Å². The van der Waals surface area contributed by atoms with Gasteiger partial charge >= 0.3 is 5.97 Å². The van der Waals surface area contributed by atoms with Gasteiger partial charge in [0.2, 0.25) is 11.8 Å². The maximum Gasteiger partial charge on any atom is 0.337 e. The van der Waals surface area contributed by atoms with Gasteiger partial charge in [0.15, 0.2) is 0 Å². The molecule has 8 nitrogen and oxygen atoms in total. The van der Waals surface area contributed by atoms with E-state index in [9.17, 15) is 19.5 Å². The van der Waals surface area contributed by atoms with Crippen molar-refractivity contribution in [1.82, 2.24) is 0 Å². The topological polar surface area (TPSA) is 114 Å². The molecule has 0 bridgehead atoms. The molecule has 0 radical (unpaired) electrons. The van der Waals surface area contributed by atoms with Crippen LogP contribution in [-0.4, -0.2) is 22.9 Å². The Kier molecular flexibility index (Phi) is 8.35. The normalized spacial score (nSPS) is 10.3. The zero-order valence-electron chi connectivity index (χ0n) is 20.6. The molecule has 0 saturated carbocycles. The lowest BCUT2D eigenvalue weighted by atomic mass is 10.1. The van der Waals surface area contributed by atoms with Crippen LogP contribution in [0.5, 0.6) is 17.2 Å². The number of rotatable bonds is 10. The van der Waals surface area contributed by atoms with Crippen molar-refractivity contribution in [2.75, 3.05) is 10.6 Å². The fourth-order valence-corrected chi connectivity index (χ4v) is 3.68. The molecule has 0 aliphatic rings. The van der Waals surface area contributed by atoms with Crippen molar-refractivity contribution >= 4 is 29.2 Å². The lowest BCUT2D eigenvalue weighted by Crippen LogP contribution is -2.16. The smallest absolute Gasteiger partial charge is 0.337 e. The first kappa shape index (κ1) is 26.0. The van der Waals surface area contributed by atoms with Crippen molar-refractivity contribution in [3.63, 3.8) is 0 Å². The molecule has 0 aliphatic heterocycles. The first-order chi connectivity index (χ1) is 18.4. The molecule has 4 aromatic carbocycles. The lowest BCUT2D eigenvalue weighted by molar-refractivity contribution is -0.116. The Labute approximate surface area is 219 Å². The van der Waals surface area contributed by atoms with Crippen molar-refractivity contribution in [3.05, 3.63) is 114 Å². The average Bonchev–Trinajstić information content (AvgIpc) is 2.89. The van der Waals surface area contributed by atoms with Crippen molar-refractivity contribution in [3.8, 4) is 17.2 Å². The summed E-state index contributed by atoms with van der Waals surface area (Å²) < 4.78 is 11.7. The van der Waals surface area contributed by atoms with Crippen LogP contribution in [0.15, 0.2) is 97.1 Å². The Morgan fingerprint density at radius 2 is 1.39 bits per heavy atom. The number of carbonyl (C=O) groups excluding carboxylic acids is 2. The van der Waals surface area contributed by atoms with E-state index in [0.717, 1.165) is 16.8 Å². The number of anilines is 2. The number of benzene rings is 4. The van der Waals surface area contributed by atoms with Gasteiger partial charge in [0.05, 0.1) is 17.7 Å². The summed E-state index contributed by atoms with van der Waals surface area (Å²) in [7, 11) is 0. The van der Waals surface area contributed by atoms with Crippen LogP contribution >= 0.6 is 0 Å². The second-order valence-corrected chi connectivity index (χ2v) is 8.46. The fraction of sp³-hybridized carbons (Fsp3) is 0.100. The first-order valence-electron chi connectivity index (χ1n) is 11.8. The summed E-state index contributed by atoms with van der Waals surface area (Å²) in [6.07, 6.45) is 0.0913. The fourth-order valence-electron chi connectivity index (χ4n) is 3.68. The molecule has 0 unspecified atom stereocenters. The number of carboxylic acids is 1. The summed E-state index contributed by atoms with van der Waals surface area (Å²) in [5, 5.41) is 14.7. The molecule has 3 N–H and O–H groups in total. The third kappa shape index (κ3) is 7.44. The largest absolute Gasteiger partial charge is 0.489 e. The third-order valence-electron chi connectivity index (χ3n) is 5.43. The number of aromatic carboxylic acids is 1. The van der Waals surface area contributed by atoms with Crippen LogP contribution in [0.3, 0.4) is 0 Å². The number of para-hydroxylation sites is 1. The van der Waals surface area contributed by atoms with Crippen LogP contribution in [0, 0.1) is 0 Å². The van der Waals surface area contributed by atoms with E-state index < -0.39 is 5.97 Å². The third-order valence-corrected chi connectivity index (χ3v) is 5.43. The number of hydrogen-bond donors (Lipinski definition) is 3. The van der Waals surface area contributed by atoms with E-state index in [1.165, 1.54) is 13.0 Å². The molecule has 192 valence electrons. The van der Waals surface area contributed by atoms with Crippen molar-refractivity contribution < 1.29 is 29.0 Å². The van der Waals surface area contributed by atoms with E-state index in [4.69, 9.17) is 9.47 Å². The van der Waals surface area contributed by atoms with Crippen LogP contribution in [0.4, 0.5) is 11.4 Å². The molecular formula is C30H26N2O6. The summed E-state index contributed by atoms with van der Waals surface area (Å²) in [4.78, 5) is 34.9. The van der Waals surface area contributed by atoms with E-state index >= 15 is 0 Å². The Morgan fingerprint density at radius 1 is 0.737 bits per heavy atom. The summed E-state index contributed by atoms with van der Waals surface area (Å²) in [6.45, 7) is 1.82. The van der Waals surface area contributed by atoms with E-state index in [-0.39, 0.29) is 29.5 Å². The van der Waals surface area contributed by atoms with Gasteiger partial charge in [0.1, 0.15) is 23.9 Å². The average molecular weight is 511 g/mol. The molecule has 0 atom stereocenters. The van der Waals surface area contributed by atoms with Crippen LogP contribution in [0.1, 0.15) is 28.4 Å². The van der Waals surface area contributed by atoms with E-state index in [1.807, 2.05) is 24.3 Å². The molecule has 0 saturated heterocycles. The van der Waals surface area contributed by atoms with Gasteiger partial charge in [-0.3, -0.25) is 9.59 Å². The number of ether oxygens (including phenoxy) is 2. The number of carbonyl (C=O) groups is 3. The molecule has 2 amide bonds. The SMILES string of the molecule is CC(=O)Nc1cccc(COc2ccc(Oc3ccc(CC(=O)Nc4ccccc4C(=O)O)cc3)cc2)c1. The van der Waals surface area contributed by atoms with Gasteiger partial charge in [-0.2, -0.15) is 0 Å². The summed E-state index contributed by atoms with van der Waals surface area (Å²) in [5.41, 5.74) is 2.70. The van der Waals surface area contributed by atoms with Crippen LogP contribution in [-0.2, 0) is 22.6 Å². The quantitative estimate of drug-likeness (QED) is 0.245. The Bertz CT molecular complexity index is 1430. The van der Waals surface area contributed by atoms with Crippen molar-refractivity contribution in [2.24, 2.45) is 0 Å². The first-order valence-corrected chi connectivity index (χ1v) is 11.8. The summed E-state index contributed by atoms with van der Waals surface area (Å²) >= 11 is 0. The molecule has 0 fully saturated rings. The molecule has 0 spiro atoms. The maximum absolute atomic E-state index is 12.4. The summed E-state index contributed by atoms with van der Waals surface area (Å²) in [6, 6.07) is 28.0. The number of carboxylic acid groups (broad SMARTS) is 1. The molecule has 38 heavy (non-hydrogen) atoms. The molecule has 0 heterocycles. The van der Waals surface area contributed by atoms with E-state index in [2.05, 4.69) is 10.6 Å². The van der Waals surface area contributed by atoms with Gasteiger partial charge in [-0.1, -0.05) is 36.4 Å². The predicted octanol–water partition coefficient (Wildman–Crippen LogP) is 5.90. The van der Waals surface area contributed by atoms with Crippen LogP contribution in [0.25, 0.3) is 0 Å². The van der Waals surface area contributed by atoms with Crippen molar-refractivity contribution in [1.29, 1.82) is 0 Å². The minimum absolute atomic E-state index is 0.0391. The minimum atomic E-state index is -1.10. The van der Waals surface area contributed by atoms with Crippen LogP contribution < -0.4 is 20.1 Å². The zero-order valence-corrected chi connectivity index (χ0v) is 20.6. The number of amides is 2. The Balaban J connectivity index is 1.28.